The molecule has 1 amide bonds. The Morgan fingerprint density at radius 2 is 2.00 bits per heavy atom. The number of benzene rings is 1. The molecule has 0 aromatic heterocycles. The van der Waals surface area contributed by atoms with Crippen LogP contribution in [-0.2, 0) is 4.74 Å². The number of alkyl carbamates (subject to hydrolysis) is 1. The molecule has 0 unspecified atom stereocenters. The first kappa shape index (κ1) is 15.8. The van der Waals surface area contributed by atoms with Crippen LogP contribution in [0.2, 0.25) is 0 Å². The quantitative estimate of drug-likeness (QED) is 0.511. The molecule has 0 heterocycles. The SMILES string of the molecule is CCOC(=O)N[C@@H](Sc1ccccc1)C(Cl)(Cl)Cl. The summed E-state index contributed by atoms with van der Waals surface area (Å²) in [6, 6.07) is 9.33. The third-order valence-electron chi connectivity index (χ3n) is 1.82. The molecule has 0 saturated carbocycles. The number of halogens is 3. The molecule has 0 fully saturated rings. The molecule has 18 heavy (non-hydrogen) atoms. The number of alkyl halides is 3. The molecule has 0 saturated heterocycles. The molecular formula is C11H12Cl3NO2S. The molecular weight excluding hydrogens is 317 g/mol. The number of rotatable bonds is 4. The van der Waals surface area contributed by atoms with Crippen molar-refractivity contribution in [3.05, 3.63) is 30.3 Å². The second-order valence-corrected chi connectivity index (χ2v) is 6.76. The van der Waals surface area contributed by atoms with E-state index in [9.17, 15) is 4.79 Å². The Bertz CT molecular complexity index is 384. The van der Waals surface area contributed by atoms with Crippen molar-refractivity contribution in [2.75, 3.05) is 6.61 Å². The third-order valence-corrected chi connectivity index (χ3v) is 4.11. The lowest BCUT2D eigenvalue weighted by atomic mass is 10.4. The smallest absolute Gasteiger partial charge is 0.408 e. The number of carbonyl (C=O) groups is 1. The third kappa shape index (κ3) is 5.57. The van der Waals surface area contributed by atoms with Crippen LogP contribution in [0.5, 0.6) is 0 Å². The van der Waals surface area contributed by atoms with Crippen molar-refractivity contribution in [2.24, 2.45) is 0 Å². The highest BCUT2D eigenvalue weighted by atomic mass is 35.6. The minimum absolute atomic E-state index is 0.258. The lowest BCUT2D eigenvalue weighted by molar-refractivity contribution is 0.151. The molecule has 7 heteroatoms. The van der Waals surface area contributed by atoms with Gasteiger partial charge in [-0.2, -0.15) is 0 Å². The first-order chi connectivity index (χ1) is 8.43. The van der Waals surface area contributed by atoms with Crippen molar-refractivity contribution < 1.29 is 9.53 Å². The molecule has 0 bridgehead atoms. The lowest BCUT2D eigenvalue weighted by Gasteiger charge is -2.24. The van der Waals surface area contributed by atoms with Crippen LogP contribution in [0.4, 0.5) is 4.79 Å². The number of carbonyl (C=O) groups excluding carboxylic acids is 1. The zero-order chi connectivity index (χ0) is 13.6. The van der Waals surface area contributed by atoms with Gasteiger partial charge in [-0.25, -0.2) is 4.79 Å². The van der Waals surface area contributed by atoms with Gasteiger partial charge in [0.05, 0.1) is 6.61 Å². The van der Waals surface area contributed by atoms with Crippen molar-refractivity contribution >= 4 is 52.7 Å². The minimum atomic E-state index is -1.63. The number of amides is 1. The van der Waals surface area contributed by atoms with Crippen LogP contribution in [-0.4, -0.2) is 21.9 Å². The van der Waals surface area contributed by atoms with E-state index < -0.39 is 15.3 Å². The molecule has 100 valence electrons. The summed E-state index contributed by atoms with van der Waals surface area (Å²) in [6.45, 7) is 1.96. The van der Waals surface area contributed by atoms with E-state index in [1.807, 2.05) is 30.3 Å². The highest BCUT2D eigenvalue weighted by molar-refractivity contribution is 8.00. The van der Waals surface area contributed by atoms with Gasteiger partial charge in [-0.1, -0.05) is 64.8 Å². The predicted molar refractivity (Wildman–Crippen MR) is 76.5 cm³/mol. The second kappa shape index (κ2) is 7.34. The van der Waals surface area contributed by atoms with Crippen molar-refractivity contribution in [1.29, 1.82) is 0 Å². The van der Waals surface area contributed by atoms with E-state index in [4.69, 9.17) is 39.5 Å². The maximum atomic E-state index is 11.4. The highest BCUT2D eigenvalue weighted by Crippen LogP contribution is 2.39. The summed E-state index contributed by atoms with van der Waals surface area (Å²) in [7, 11) is 0. The van der Waals surface area contributed by atoms with E-state index in [0.717, 1.165) is 4.90 Å². The van der Waals surface area contributed by atoms with E-state index in [-0.39, 0.29) is 6.61 Å². The summed E-state index contributed by atoms with van der Waals surface area (Å²) >= 11 is 18.7. The summed E-state index contributed by atoms with van der Waals surface area (Å²) < 4.78 is 3.13. The van der Waals surface area contributed by atoms with Crippen LogP contribution in [0.25, 0.3) is 0 Å². The molecule has 0 radical (unpaired) electrons. The van der Waals surface area contributed by atoms with Crippen molar-refractivity contribution in [3.63, 3.8) is 0 Å². The average Bonchev–Trinajstić information content (AvgIpc) is 2.28. The normalized spacial score (nSPS) is 12.9. The maximum absolute atomic E-state index is 11.4. The zero-order valence-electron chi connectivity index (χ0n) is 9.53. The van der Waals surface area contributed by atoms with E-state index in [1.165, 1.54) is 11.8 Å². The van der Waals surface area contributed by atoms with Crippen LogP contribution in [0, 0.1) is 0 Å². The van der Waals surface area contributed by atoms with Crippen LogP contribution in [0.15, 0.2) is 35.2 Å². The molecule has 0 aliphatic carbocycles. The summed E-state index contributed by atoms with van der Waals surface area (Å²) in [5, 5.41) is 1.78. The van der Waals surface area contributed by atoms with Gasteiger partial charge < -0.3 is 10.1 Å². The molecule has 0 aliphatic heterocycles. The topological polar surface area (TPSA) is 38.3 Å². The average molecular weight is 329 g/mol. The molecule has 1 aromatic carbocycles. The van der Waals surface area contributed by atoms with Gasteiger partial charge in [0.15, 0.2) is 0 Å². The van der Waals surface area contributed by atoms with E-state index in [1.54, 1.807) is 6.92 Å². The van der Waals surface area contributed by atoms with Crippen LogP contribution < -0.4 is 5.32 Å². The van der Waals surface area contributed by atoms with Crippen molar-refractivity contribution in [3.8, 4) is 0 Å². The molecule has 3 nitrogen and oxygen atoms in total. The van der Waals surface area contributed by atoms with Crippen LogP contribution in [0.1, 0.15) is 6.92 Å². The Morgan fingerprint density at radius 3 is 2.50 bits per heavy atom. The standard InChI is InChI=1S/C11H12Cl3NO2S/c1-2-17-10(16)15-9(11(12,13)14)18-8-6-4-3-5-7-8/h3-7,9H,2H2,1H3,(H,15,16)/t9-/m0/s1. The fourth-order valence-corrected chi connectivity index (χ4v) is 2.53. The Kier molecular flexibility index (Phi) is 6.43. The van der Waals surface area contributed by atoms with Gasteiger partial charge in [0.25, 0.3) is 0 Å². The molecule has 1 rings (SSSR count). The fourth-order valence-electron chi connectivity index (χ4n) is 1.09. The Labute approximate surface area is 125 Å². The Balaban J connectivity index is 2.71. The monoisotopic (exact) mass is 327 g/mol. The highest BCUT2D eigenvalue weighted by Gasteiger charge is 2.35. The number of thioether (sulfide) groups is 1. The van der Waals surface area contributed by atoms with Gasteiger partial charge in [0, 0.05) is 4.90 Å². The summed E-state index contributed by atoms with van der Waals surface area (Å²) in [4.78, 5) is 12.2. The number of ether oxygens (including phenoxy) is 1. The Morgan fingerprint density at radius 1 is 1.39 bits per heavy atom. The van der Waals surface area contributed by atoms with Crippen molar-refractivity contribution in [2.45, 2.75) is 21.0 Å². The van der Waals surface area contributed by atoms with Gasteiger partial charge >= 0.3 is 6.09 Å². The molecule has 0 aliphatic rings. The molecule has 1 aromatic rings. The minimum Gasteiger partial charge on any atom is -0.450 e. The van der Waals surface area contributed by atoms with Gasteiger partial charge in [-0.3, -0.25) is 0 Å². The molecule has 0 spiro atoms. The molecule has 1 atom stereocenters. The maximum Gasteiger partial charge on any atom is 0.408 e. The van der Waals surface area contributed by atoms with E-state index >= 15 is 0 Å². The van der Waals surface area contributed by atoms with E-state index in [2.05, 4.69) is 5.32 Å². The number of nitrogens with one attached hydrogen (secondary N) is 1. The first-order valence-electron chi connectivity index (χ1n) is 5.15. The summed E-state index contributed by atoms with van der Waals surface area (Å²) in [6.07, 6.45) is -0.614. The van der Waals surface area contributed by atoms with Gasteiger partial charge in [-0.15, -0.1) is 0 Å². The van der Waals surface area contributed by atoms with E-state index in [0.29, 0.717) is 0 Å². The van der Waals surface area contributed by atoms with Crippen molar-refractivity contribution in [1.82, 2.24) is 5.32 Å². The first-order valence-corrected chi connectivity index (χ1v) is 7.16. The fraction of sp³-hybridized carbons (Fsp3) is 0.364. The Hall–Kier alpha value is -0.290. The molecule has 1 N–H and O–H groups in total. The van der Waals surface area contributed by atoms with Gasteiger partial charge in [0.1, 0.15) is 5.37 Å². The summed E-state index contributed by atoms with van der Waals surface area (Å²) in [5.41, 5.74) is 0. The largest absolute Gasteiger partial charge is 0.450 e. The summed E-state index contributed by atoms with van der Waals surface area (Å²) in [5.74, 6) is 0. The zero-order valence-corrected chi connectivity index (χ0v) is 12.6. The van der Waals surface area contributed by atoms with Gasteiger partial charge in [-0.05, 0) is 19.1 Å². The van der Waals surface area contributed by atoms with Crippen LogP contribution in [0.3, 0.4) is 0 Å². The second-order valence-electron chi connectivity index (χ2n) is 3.22. The predicted octanol–water partition coefficient (Wildman–Crippen LogP) is 4.22. The number of hydrogen-bond acceptors (Lipinski definition) is 3. The van der Waals surface area contributed by atoms with Crippen LogP contribution >= 0.6 is 46.6 Å². The number of hydrogen-bond donors (Lipinski definition) is 1. The van der Waals surface area contributed by atoms with Gasteiger partial charge in [0.2, 0.25) is 3.79 Å². The lowest BCUT2D eigenvalue weighted by Crippen LogP contribution is -2.41.